The van der Waals surface area contributed by atoms with Gasteiger partial charge in [-0.05, 0) is 12.5 Å². The van der Waals surface area contributed by atoms with E-state index in [4.69, 9.17) is 16.9 Å². The highest BCUT2D eigenvalue weighted by atomic mass is 35.5. The summed E-state index contributed by atoms with van der Waals surface area (Å²) in [5, 5.41) is 10.5. The van der Waals surface area contributed by atoms with Crippen molar-refractivity contribution in [1.82, 2.24) is 4.98 Å². The molecule has 1 heterocycles. The maximum Gasteiger partial charge on any atom is 0.116 e. The van der Waals surface area contributed by atoms with Gasteiger partial charge in [-0.2, -0.15) is 5.26 Å². The minimum absolute atomic E-state index is 0.467. The molecule has 1 rings (SSSR count). The van der Waals surface area contributed by atoms with Crippen LogP contribution in [0.1, 0.15) is 25.8 Å². The molecule has 14 heavy (non-hydrogen) atoms. The molecule has 1 atom stereocenters. The number of nitriles is 1. The Bertz CT molecular complexity index is 360. The van der Waals surface area contributed by atoms with E-state index in [0.29, 0.717) is 15.8 Å². The molecule has 1 aromatic heterocycles. The van der Waals surface area contributed by atoms with E-state index in [1.165, 1.54) is 0 Å². The molecule has 1 aromatic rings. The van der Waals surface area contributed by atoms with Crippen LogP contribution in [0.2, 0.25) is 5.02 Å². The predicted octanol–water partition coefficient (Wildman–Crippen LogP) is 3.50. The van der Waals surface area contributed by atoms with Gasteiger partial charge in [-0.3, -0.25) is 0 Å². The molecular weight excluding hydrogens is 216 g/mol. The number of rotatable bonds is 3. The van der Waals surface area contributed by atoms with Crippen LogP contribution in [0.15, 0.2) is 17.3 Å². The molecule has 0 aliphatic heterocycles. The Morgan fingerprint density at radius 3 is 3.00 bits per heavy atom. The largest absolute Gasteiger partial charge is 0.248 e. The van der Waals surface area contributed by atoms with Crippen LogP contribution in [0, 0.1) is 11.3 Å². The van der Waals surface area contributed by atoms with E-state index in [-0.39, 0.29) is 0 Å². The Labute approximate surface area is 93.3 Å². The van der Waals surface area contributed by atoms with E-state index in [1.807, 2.05) is 6.07 Å². The first-order chi connectivity index (χ1) is 6.69. The summed E-state index contributed by atoms with van der Waals surface area (Å²) in [6.45, 7) is 4.22. The van der Waals surface area contributed by atoms with Crippen molar-refractivity contribution in [2.45, 2.75) is 30.5 Å². The second-order valence-corrected chi connectivity index (χ2v) is 4.73. The zero-order chi connectivity index (χ0) is 10.6. The van der Waals surface area contributed by atoms with Gasteiger partial charge in [0.25, 0.3) is 0 Å². The molecule has 0 spiro atoms. The highest BCUT2D eigenvalue weighted by Crippen LogP contribution is 2.31. The molecule has 0 saturated carbocycles. The zero-order valence-corrected chi connectivity index (χ0v) is 9.69. The minimum atomic E-state index is 0.467. The first kappa shape index (κ1) is 11.4. The molecule has 1 unspecified atom stereocenters. The summed E-state index contributed by atoms with van der Waals surface area (Å²) in [5.74, 6) is 0. The van der Waals surface area contributed by atoms with E-state index in [2.05, 4.69) is 18.8 Å². The van der Waals surface area contributed by atoms with Gasteiger partial charge in [0.15, 0.2) is 0 Å². The second kappa shape index (κ2) is 5.23. The monoisotopic (exact) mass is 226 g/mol. The normalized spacial score (nSPS) is 12.1. The molecule has 4 heteroatoms. The Morgan fingerprint density at radius 1 is 1.71 bits per heavy atom. The van der Waals surface area contributed by atoms with Crippen molar-refractivity contribution >= 4 is 23.4 Å². The van der Waals surface area contributed by atoms with Crippen LogP contribution in [0.5, 0.6) is 0 Å². The van der Waals surface area contributed by atoms with Gasteiger partial charge in [-0.25, -0.2) is 4.98 Å². The fourth-order valence-corrected chi connectivity index (χ4v) is 2.04. The Hall–Kier alpha value is -0.720. The number of hydrogen-bond acceptors (Lipinski definition) is 3. The van der Waals surface area contributed by atoms with E-state index in [1.54, 1.807) is 24.0 Å². The Morgan fingerprint density at radius 2 is 2.43 bits per heavy atom. The number of halogens is 1. The first-order valence-electron chi connectivity index (χ1n) is 4.40. The minimum Gasteiger partial charge on any atom is -0.248 e. The molecule has 0 aliphatic rings. The van der Waals surface area contributed by atoms with Crippen LogP contribution in [0.4, 0.5) is 0 Å². The molecular formula is C10H11ClN2S. The van der Waals surface area contributed by atoms with E-state index in [9.17, 15) is 0 Å². The maximum absolute atomic E-state index is 8.76. The second-order valence-electron chi connectivity index (χ2n) is 2.93. The highest BCUT2D eigenvalue weighted by Gasteiger charge is 2.10. The lowest BCUT2D eigenvalue weighted by Gasteiger charge is -2.08. The Kier molecular flexibility index (Phi) is 4.24. The SMILES string of the molecule is CCC(C)Sc1nccc(C#N)c1Cl. The molecule has 0 radical (unpaired) electrons. The third-order valence-electron chi connectivity index (χ3n) is 1.87. The number of thioether (sulfide) groups is 1. The predicted molar refractivity (Wildman–Crippen MR) is 59.6 cm³/mol. The van der Waals surface area contributed by atoms with Crippen LogP contribution in [-0.2, 0) is 0 Å². The van der Waals surface area contributed by atoms with Gasteiger partial charge < -0.3 is 0 Å². The van der Waals surface area contributed by atoms with Crippen LogP contribution in [0.25, 0.3) is 0 Å². The average molecular weight is 227 g/mol. The maximum atomic E-state index is 8.76. The number of hydrogen-bond donors (Lipinski definition) is 0. The summed E-state index contributed by atoms with van der Waals surface area (Å²) in [6.07, 6.45) is 2.68. The summed E-state index contributed by atoms with van der Waals surface area (Å²) in [5.41, 5.74) is 0.493. The fourth-order valence-electron chi connectivity index (χ4n) is 0.867. The van der Waals surface area contributed by atoms with Crippen LogP contribution in [-0.4, -0.2) is 10.2 Å². The molecule has 0 aromatic carbocycles. The summed E-state index contributed by atoms with van der Waals surface area (Å²) in [7, 11) is 0. The van der Waals surface area contributed by atoms with Gasteiger partial charge in [0.1, 0.15) is 11.1 Å². The molecule has 0 N–H and O–H groups in total. The summed E-state index contributed by atoms with van der Waals surface area (Å²) < 4.78 is 0. The number of nitrogens with zero attached hydrogens (tertiary/aromatic N) is 2. The van der Waals surface area contributed by atoms with E-state index >= 15 is 0 Å². The summed E-state index contributed by atoms with van der Waals surface area (Å²) in [4.78, 5) is 4.15. The molecule has 0 bridgehead atoms. The Balaban J connectivity index is 2.94. The lowest BCUT2D eigenvalue weighted by atomic mass is 10.3. The molecule has 0 aliphatic carbocycles. The third kappa shape index (κ3) is 2.63. The van der Waals surface area contributed by atoms with E-state index < -0.39 is 0 Å². The number of aromatic nitrogens is 1. The smallest absolute Gasteiger partial charge is 0.116 e. The van der Waals surface area contributed by atoms with Gasteiger partial charge in [0, 0.05) is 11.4 Å². The van der Waals surface area contributed by atoms with Gasteiger partial charge in [0.05, 0.1) is 10.6 Å². The first-order valence-corrected chi connectivity index (χ1v) is 5.66. The van der Waals surface area contributed by atoms with E-state index in [0.717, 1.165) is 11.4 Å². The lowest BCUT2D eigenvalue weighted by molar-refractivity contribution is 0.901. The number of pyridine rings is 1. The van der Waals surface area contributed by atoms with Crippen molar-refractivity contribution in [2.75, 3.05) is 0 Å². The van der Waals surface area contributed by atoms with Crippen molar-refractivity contribution in [3.63, 3.8) is 0 Å². The van der Waals surface area contributed by atoms with Crippen molar-refractivity contribution in [3.8, 4) is 6.07 Å². The van der Waals surface area contributed by atoms with Crippen molar-refractivity contribution in [1.29, 1.82) is 5.26 Å². The summed E-state index contributed by atoms with van der Waals surface area (Å²) in [6, 6.07) is 3.67. The van der Waals surface area contributed by atoms with Gasteiger partial charge in [-0.1, -0.05) is 25.4 Å². The zero-order valence-electron chi connectivity index (χ0n) is 8.12. The van der Waals surface area contributed by atoms with Gasteiger partial charge in [-0.15, -0.1) is 11.8 Å². The van der Waals surface area contributed by atoms with Crippen molar-refractivity contribution in [3.05, 3.63) is 22.8 Å². The molecule has 0 saturated heterocycles. The standard InChI is InChI=1S/C10H11ClN2S/c1-3-7(2)14-10-9(11)8(6-12)4-5-13-10/h4-5,7H,3H2,1-2H3. The summed E-state index contributed by atoms with van der Waals surface area (Å²) >= 11 is 7.61. The average Bonchev–Trinajstić information content (AvgIpc) is 2.21. The van der Waals surface area contributed by atoms with Crippen LogP contribution in [0.3, 0.4) is 0 Å². The molecule has 0 amide bonds. The van der Waals surface area contributed by atoms with Crippen LogP contribution < -0.4 is 0 Å². The molecule has 2 nitrogen and oxygen atoms in total. The van der Waals surface area contributed by atoms with Gasteiger partial charge >= 0.3 is 0 Å². The molecule has 0 fully saturated rings. The van der Waals surface area contributed by atoms with Gasteiger partial charge in [0.2, 0.25) is 0 Å². The highest BCUT2D eigenvalue weighted by molar-refractivity contribution is 7.99. The van der Waals surface area contributed by atoms with Crippen molar-refractivity contribution in [2.24, 2.45) is 0 Å². The van der Waals surface area contributed by atoms with Crippen LogP contribution >= 0.6 is 23.4 Å². The third-order valence-corrected chi connectivity index (χ3v) is 3.63. The fraction of sp³-hybridized carbons (Fsp3) is 0.400. The van der Waals surface area contributed by atoms with Crippen molar-refractivity contribution < 1.29 is 0 Å². The molecule has 74 valence electrons. The topological polar surface area (TPSA) is 36.7 Å². The quantitative estimate of drug-likeness (QED) is 0.741. The lowest BCUT2D eigenvalue weighted by Crippen LogP contribution is -1.95.